The van der Waals surface area contributed by atoms with Crippen LogP contribution in [0.15, 0.2) is 71.8 Å². The number of fused-ring (bicyclic) bond motifs is 1. The van der Waals surface area contributed by atoms with E-state index in [1.807, 2.05) is 24.4 Å². The number of H-pyrrole nitrogens is 1. The second-order valence-corrected chi connectivity index (χ2v) is 12.2. The van der Waals surface area contributed by atoms with Crippen molar-refractivity contribution in [2.75, 3.05) is 13.7 Å². The van der Waals surface area contributed by atoms with Crippen LogP contribution >= 0.6 is 0 Å². The summed E-state index contributed by atoms with van der Waals surface area (Å²) in [6.45, 7) is 6.56. The first-order valence-electron chi connectivity index (χ1n) is 14.4. The van der Waals surface area contributed by atoms with Crippen molar-refractivity contribution in [2.24, 2.45) is 0 Å². The normalized spacial score (nSPS) is 12.2. The van der Waals surface area contributed by atoms with Crippen molar-refractivity contribution in [3.8, 4) is 5.75 Å². The van der Waals surface area contributed by atoms with Crippen LogP contribution in [0.3, 0.4) is 0 Å². The lowest BCUT2D eigenvalue weighted by Gasteiger charge is -2.20. The molecule has 4 rings (SSSR count). The number of amides is 2. The number of aromatic nitrogens is 1. The molecule has 0 bridgehead atoms. The third kappa shape index (κ3) is 7.02. The van der Waals surface area contributed by atoms with Gasteiger partial charge in [-0.2, -0.15) is 0 Å². The number of carbonyl (C=O) groups excluding carboxylic acids is 2. The smallest absolute Gasteiger partial charge is 0.265 e. The Morgan fingerprint density at radius 3 is 2.48 bits per heavy atom. The molecule has 2 amide bonds. The van der Waals surface area contributed by atoms with Crippen molar-refractivity contribution in [3.05, 3.63) is 94.7 Å². The molecule has 0 spiro atoms. The van der Waals surface area contributed by atoms with E-state index in [4.69, 9.17) is 4.74 Å². The molecule has 8 nitrogen and oxygen atoms in total. The van der Waals surface area contributed by atoms with Gasteiger partial charge in [0.1, 0.15) is 5.75 Å². The van der Waals surface area contributed by atoms with Crippen molar-refractivity contribution in [3.63, 3.8) is 0 Å². The molecule has 42 heavy (non-hydrogen) atoms. The van der Waals surface area contributed by atoms with Gasteiger partial charge >= 0.3 is 0 Å². The molecule has 1 aromatic heterocycles. The predicted molar refractivity (Wildman–Crippen MR) is 165 cm³/mol. The maximum atomic E-state index is 13.0. The van der Waals surface area contributed by atoms with E-state index < -0.39 is 15.9 Å². The van der Waals surface area contributed by atoms with Crippen LogP contribution in [0.5, 0.6) is 5.75 Å². The number of rotatable bonds is 13. The number of ether oxygens (including phenoxy) is 1. The van der Waals surface area contributed by atoms with Crippen LogP contribution in [-0.2, 0) is 21.2 Å². The number of unbranched alkanes of at least 4 members (excludes halogenated alkanes) is 1. The first kappa shape index (κ1) is 30.8. The molecule has 0 aliphatic carbocycles. The van der Waals surface area contributed by atoms with E-state index in [9.17, 15) is 18.0 Å². The summed E-state index contributed by atoms with van der Waals surface area (Å²) in [6.07, 6.45) is 6.00. The molecule has 3 N–H and O–H groups in total. The van der Waals surface area contributed by atoms with Crippen LogP contribution in [0.4, 0.5) is 0 Å². The number of carbonyl (C=O) groups is 2. The Labute approximate surface area is 247 Å². The molecule has 1 atom stereocenters. The van der Waals surface area contributed by atoms with Gasteiger partial charge in [0.2, 0.25) is 5.91 Å². The average Bonchev–Trinajstić information content (AvgIpc) is 3.38. The quantitative estimate of drug-likeness (QED) is 0.166. The van der Waals surface area contributed by atoms with Gasteiger partial charge in [-0.3, -0.25) is 9.59 Å². The summed E-state index contributed by atoms with van der Waals surface area (Å²) in [7, 11) is -2.51. The number of hydrogen-bond acceptors (Lipinski definition) is 5. The van der Waals surface area contributed by atoms with Crippen LogP contribution in [0, 0.1) is 6.92 Å². The third-order valence-electron chi connectivity index (χ3n) is 7.43. The molecule has 222 valence electrons. The molecule has 0 aliphatic heterocycles. The highest BCUT2D eigenvalue weighted by atomic mass is 32.2. The van der Waals surface area contributed by atoms with E-state index in [-0.39, 0.29) is 22.3 Å². The fourth-order valence-electron chi connectivity index (χ4n) is 5.24. The first-order chi connectivity index (χ1) is 20.2. The summed E-state index contributed by atoms with van der Waals surface area (Å²) in [4.78, 5) is 28.9. The molecule has 9 heteroatoms. The fourth-order valence-corrected chi connectivity index (χ4v) is 6.46. The number of nitrogens with one attached hydrogen (secondary N) is 3. The van der Waals surface area contributed by atoms with E-state index >= 15 is 0 Å². The number of benzene rings is 3. The minimum Gasteiger partial charge on any atom is -0.496 e. The van der Waals surface area contributed by atoms with Crippen LogP contribution in [0.2, 0.25) is 0 Å². The predicted octanol–water partition coefficient (Wildman–Crippen LogP) is 5.99. The monoisotopic (exact) mass is 589 g/mol. The number of aromatic amines is 1. The molecule has 4 aromatic rings. The molecule has 0 radical (unpaired) electrons. The van der Waals surface area contributed by atoms with Crippen LogP contribution < -0.4 is 14.8 Å². The van der Waals surface area contributed by atoms with Gasteiger partial charge in [-0.15, -0.1) is 0 Å². The Kier molecular flexibility index (Phi) is 10.1. The van der Waals surface area contributed by atoms with E-state index in [0.717, 1.165) is 53.3 Å². The molecular weight excluding hydrogens is 550 g/mol. The van der Waals surface area contributed by atoms with Crippen molar-refractivity contribution >= 4 is 32.7 Å². The minimum atomic E-state index is -4.05. The zero-order valence-corrected chi connectivity index (χ0v) is 25.4. The Bertz CT molecular complexity index is 1680. The Morgan fingerprint density at radius 1 is 0.976 bits per heavy atom. The van der Waals surface area contributed by atoms with Crippen LogP contribution in [-0.4, -0.2) is 38.9 Å². The second kappa shape index (κ2) is 13.7. The van der Waals surface area contributed by atoms with Gasteiger partial charge in [0.15, 0.2) is 0 Å². The zero-order chi connectivity index (χ0) is 30.3. The molecule has 0 saturated heterocycles. The van der Waals surface area contributed by atoms with E-state index in [1.165, 1.54) is 13.2 Å². The highest BCUT2D eigenvalue weighted by Crippen LogP contribution is 2.39. The summed E-state index contributed by atoms with van der Waals surface area (Å²) in [5, 5.41) is 4.01. The van der Waals surface area contributed by atoms with E-state index in [2.05, 4.69) is 34.9 Å². The maximum Gasteiger partial charge on any atom is 0.265 e. The summed E-state index contributed by atoms with van der Waals surface area (Å²) in [5.41, 5.74) is 4.59. The van der Waals surface area contributed by atoms with Crippen molar-refractivity contribution in [2.45, 2.75) is 63.7 Å². The highest BCUT2D eigenvalue weighted by Gasteiger charge is 2.25. The molecule has 3 aromatic carbocycles. The van der Waals surface area contributed by atoms with Crippen molar-refractivity contribution in [1.82, 2.24) is 15.0 Å². The Balaban J connectivity index is 1.63. The van der Waals surface area contributed by atoms with E-state index in [1.54, 1.807) is 37.3 Å². The van der Waals surface area contributed by atoms with Gasteiger partial charge in [-0.05, 0) is 66.8 Å². The minimum absolute atomic E-state index is 0.00460. The van der Waals surface area contributed by atoms with Gasteiger partial charge in [-0.1, -0.05) is 57.0 Å². The lowest BCUT2D eigenvalue weighted by molar-refractivity contribution is -0.120. The molecule has 0 saturated carbocycles. The van der Waals surface area contributed by atoms with Crippen LogP contribution in [0.1, 0.15) is 78.1 Å². The lowest BCUT2D eigenvalue weighted by atomic mass is 9.86. The van der Waals surface area contributed by atoms with Gasteiger partial charge in [0.05, 0.1) is 18.4 Å². The summed E-state index contributed by atoms with van der Waals surface area (Å²) >= 11 is 0. The number of hydrogen-bond donors (Lipinski definition) is 3. The average molecular weight is 590 g/mol. The van der Waals surface area contributed by atoms with Gasteiger partial charge in [0, 0.05) is 40.7 Å². The SMILES string of the molecule is CCCCNC(=O)Cc1ccc2[nH]cc(C(CCC)c3ccc(C(=O)NS(=O)(=O)c4ccccc4C)cc3OC)c2c1. The van der Waals surface area contributed by atoms with Gasteiger partial charge in [0.25, 0.3) is 15.9 Å². The number of methoxy groups -OCH3 is 1. The van der Waals surface area contributed by atoms with Crippen LogP contribution in [0.25, 0.3) is 10.9 Å². The molecule has 0 aliphatic rings. The number of aryl methyl sites for hydroxylation is 1. The summed E-state index contributed by atoms with van der Waals surface area (Å²) < 4.78 is 33.7. The van der Waals surface area contributed by atoms with Crippen molar-refractivity contribution in [1.29, 1.82) is 0 Å². The maximum absolute atomic E-state index is 13.0. The summed E-state index contributed by atoms with van der Waals surface area (Å²) in [5.74, 6) is -0.288. The topological polar surface area (TPSA) is 117 Å². The lowest BCUT2D eigenvalue weighted by Crippen LogP contribution is -2.31. The second-order valence-electron chi connectivity index (χ2n) is 10.5. The standard InChI is InChI=1S/C33H39N3O5S/c1-5-7-17-34-32(37)19-23-13-16-29-27(18-23)28(21-35-29)25(10-6-2)26-15-14-24(20-30(26)41-4)33(38)36-42(39,40)31-12-9-8-11-22(31)3/h8-9,11-16,18,20-21,25,35H,5-7,10,17,19H2,1-4H3,(H,34,37)(H,36,38). The first-order valence-corrected chi connectivity index (χ1v) is 15.8. The van der Waals surface area contributed by atoms with Gasteiger partial charge in [-0.25, -0.2) is 13.1 Å². The highest BCUT2D eigenvalue weighted by molar-refractivity contribution is 7.90. The molecule has 1 unspecified atom stereocenters. The fraction of sp³-hybridized carbons (Fsp3) is 0.333. The zero-order valence-electron chi connectivity index (χ0n) is 24.6. The third-order valence-corrected chi connectivity index (χ3v) is 8.92. The molecular formula is C33H39N3O5S. The summed E-state index contributed by atoms with van der Waals surface area (Å²) in [6, 6.07) is 17.6. The Morgan fingerprint density at radius 2 is 1.76 bits per heavy atom. The Hall–Kier alpha value is -4.11. The van der Waals surface area contributed by atoms with E-state index in [0.29, 0.717) is 24.3 Å². The largest absolute Gasteiger partial charge is 0.496 e. The van der Waals surface area contributed by atoms with Crippen molar-refractivity contribution < 1.29 is 22.7 Å². The van der Waals surface area contributed by atoms with Gasteiger partial charge < -0.3 is 15.0 Å². The number of sulfonamides is 1. The molecule has 0 fully saturated rings. The molecule has 1 heterocycles.